The summed E-state index contributed by atoms with van der Waals surface area (Å²) in [7, 11) is 0. The highest BCUT2D eigenvalue weighted by Crippen LogP contribution is 2.19. The third-order valence-electron chi connectivity index (χ3n) is 5.52. The van der Waals surface area contributed by atoms with Gasteiger partial charge in [0, 0.05) is 11.8 Å². The number of fused-ring (bicyclic) bond motifs is 2. The Labute approximate surface area is 180 Å². The molecule has 31 heavy (non-hydrogen) atoms. The third kappa shape index (κ3) is 3.52. The van der Waals surface area contributed by atoms with E-state index in [9.17, 15) is 9.59 Å². The Hall–Kier alpha value is -3.74. The molecule has 7 nitrogen and oxygen atoms in total. The molecule has 7 heteroatoms. The molecule has 0 aliphatic rings. The predicted octanol–water partition coefficient (Wildman–Crippen LogP) is 3.10. The maximum absolute atomic E-state index is 13.3. The molecule has 1 atom stereocenters. The highest BCUT2D eigenvalue weighted by molar-refractivity contribution is 6.00. The van der Waals surface area contributed by atoms with Gasteiger partial charge in [0.15, 0.2) is 0 Å². The van der Waals surface area contributed by atoms with Crippen molar-refractivity contribution in [2.75, 3.05) is 5.73 Å². The lowest BCUT2D eigenvalue weighted by Gasteiger charge is -2.17. The molecule has 0 fully saturated rings. The second kappa shape index (κ2) is 7.83. The second-order valence-corrected chi connectivity index (χ2v) is 8.05. The van der Waals surface area contributed by atoms with Gasteiger partial charge < -0.3 is 11.1 Å². The lowest BCUT2D eigenvalue weighted by molar-refractivity contribution is -0.679. The van der Waals surface area contributed by atoms with E-state index in [0.717, 1.165) is 11.1 Å². The van der Waals surface area contributed by atoms with Gasteiger partial charge in [0.05, 0.1) is 12.1 Å². The highest BCUT2D eigenvalue weighted by atomic mass is 16.2. The van der Waals surface area contributed by atoms with Crippen LogP contribution in [0.25, 0.3) is 16.7 Å². The number of aromatic nitrogens is 3. The fraction of sp³-hybridized carbons (Fsp3) is 0.250. The van der Waals surface area contributed by atoms with Crippen molar-refractivity contribution in [1.82, 2.24) is 14.7 Å². The smallest absolute Gasteiger partial charge is 0.278 e. The fourth-order valence-corrected chi connectivity index (χ4v) is 3.88. The molecule has 3 heterocycles. The number of nitrogens with zero attached hydrogens (tertiary/aromatic N) is 3. The predicted molar refractivity (Wildman–Crippen MR) is 121 cm³/mol. The van der Waals surface area contributed by atoms with Crippen LogP contribution in [0.1, 0.15) is 54.3 Å². The number of anilines is 1. The van der Waals surface area contributed by atoms with E-state index in [4.69, 9.17) is 10.7 Å². The molecule has 0 spiro atoms. The van der Waals surface area contributed by atoms with Gasteiger partial charge in [-0.1, -0.05) is 41.4 Å². The van der Waals surface area contributed by atoms with Crippen LogP contribution in [-0.2, 0) is 0 Å². The van der Waals surface area contributed by atoms with Gasteiger partial charge in [0.1, 0.15) is 10.9 Å². The third-order valence-corrected chi connectivity index (χ3v) is 5.52. The second-order valence-electron chi connectivity index (χ2n) is 8.05. The summed E-state index contributed by atoms with van der Waals surface area (Å²) in [5, 5.41) is 3.34. The van der Waals surface area contributed by atoms with E-state index >= 15 is 0 Å². The van der Waals surface area contributed by atoms with Crippen molar-refractivity contribution in [2.45, 2.75) is 39.8 Å². The molecule has 0 saturated carbocycles. The van der Waals surface area contributed by atoms with Gasteiger partial charge in [-0.05, 0) is 45.4 Å². The molecule has 0 aliphatic carbocycles. The quantitative estimate of drug-likeness (QED) is 0.395. The molecular weight excluding hydrogens is 390 g/mol. The highest BCUT2D eigenvalue weighted by Gasteiger charge is 2.26. The molecule has 158 valence electrons. The summed E-state index contributed by atoms with van der Waals surface area (Å²) in [4.78, 5) is 31.2. The Morgan fingerprint density at radius 2 is 1.84 bits per heavy atom. The monoisotopic (exact) mass is 416 g/mol. The summed E-state index contributed by atoms with van der Waals surface area (Å²) in [5.41, 5.74) is 9.39. The summed E-state index contributed by atoms with van der Waals surface area (Å²) in [6.45, 7) is 7.72. The minimum absolute atomic E-state index is 0.0971. The number of nitrogen functional groups attached to an aromatic ring is 1. The first-order valence-electron chi connectivity index (χ1n) is 10.3. The summed E-state index contributed by atoms with van der Waals surface area (Å²) >= 11 is 0. The van der Waals surface area contributed by atoms with Crippen LogP contribution in [0, 0.1) is 6.92 Å². The number of carbonyl (C=O) groups excluding carboxylic acids is 1. The Morgan fingerprint density at radius 3 is 2.52 bits per heavy atom. The van der Waals surface area contributed by atoms with Crippen molar-refractivity contribution in [3.8, 4) is 0 Å². The van der Waals surface area contributed by atoms with Crippen LogP contribution in [-0.4, -0.2) is 15.3 Å². The number of rotatable bonds is 4. The molecule has 0 radical (unpaired) electrons. The van der Waals surface area contributed by atoms with E-state index in [1.165, 1.54) is 4.40 Å². The average Bonchev–Trinajstić information content (AvgIpc) is 2.74. The number of aryl methyl sites for hydroxylation is 1. The van der Waals surface area contributed by atoms with Gasteiger partial charge in [-0.3, -0.25) is 14.0 Å². The topological polar surface area (TPSA) is 93.4 Å². The minimum atomic E-state index is -0.334. The van der Waals surface area contributed by atoms with Gasteiger partial charge in [-0.2, -0.15) is 0 Å². The van der Waals surface area contributed by atoms with Crippen LogP contribution in [0.3, 0.4) is 0 Å². The number of benzene rings is 1. The lowest BCUT2D eigenvalue weighted by atomic mass is 10.1. The Bertz CT molecular complexity index is 1360. The number of carbonyl (C=O) groups is 1. The standard InChI is InChI=1S/C24H25N5O2/c1-14(2)29-20(25)18(23(30)26-16(4)17-10-6-5-7-11-17)13-19-22(29)27-21-15(3)9-8-12-28(21)24(19)31/h5-14,16,25H,1-4H3,(H,26,30)/p+1/t16-/m1/s1. The minimum Gasteiger partial charge on any atom is -0.345 e. The van der Waals surface area contributed by atoms with Crippen molar-refractivity contribution >= 4 is 28.4 Å². The number of hydrogen-bond donors (Lipinski definition) is 2. The van der Waals surface area contributed by atoms with Gasteiger partial charge in [-0.25, -0.2) is 4.57 Å². The zero-order valence-electron chi connectivity index (χ0n) is 18.1. The Balaban J connectivity index is 1.91. The summed E-state index contributed by atoms with van der Waals surface area (Å²) in [5.74, 6) is -0.0519. The van der Waals surface area contributed by atoms with Crippen molar-refractivity contribution in [1.29, 1.82) is 0 Å². The van der Waals surface area contributed by atoms with Crippen molar-refractivity contribution in [2.24, 2.45) is 0 Å². The zero-order valence-corrected chi connectivity index (χ0v) is 18.1. The van der Waals surface area contributed by atoms with Crippen LogP contribution < -0.4 is 21.2 Å². The summed E-state index contributed by atoms with van der Waals surface area (Å²) in [6.07, 6.45) is 1.68. The molecule has 1 aromatic carbocycles. The first kappa shape index (κ1) is 20.5. The van der Waals surface area contributed by atoms with Crippen molar-refractivity contribution < 1.29 is 9.36 Å². The maximum Gasteiger partial charge on any atom is 0.278 e. The molecule has 0 bridgehead atoms. The summed E-state index contributed by atoms with van der Waals surface area (Å²) < 4.78 is 3.26. The van der Waals surface area contributed by atoms with Crippen LogP contribution >= 0.6 is 0 Å². The normalized spacial score (nSPS) is 12.4. The molecule has 0 aliphatic heterocycles. The van der Waals surface area contributed by atoms with E-state index in [1.54, 1.807) is 22.9 Å². The fourth-order valence-electron chi connectivity index (χ4n) is 3.88. The summed E-state index contributed by atoms with van der Waals surface area (Å²) in [6, 6.07) is 14.6. The molecule has 0 saturated heterocycles. The van der Waals surface area contributed by atoms with Crippen LogP contribution in [0.5, 0.6) is 0 Å². The van der Waals surface area contributed by atoms with Crippen molar-refractivity contribution in [3.05, 3.63) is 81.8 Å². The number of nitrogens with one attached hydrogen (secondary N) is 1. The Morgan fingerprint density at radius 1 is 1.13 bits per heavy atom. The van der Waals surface area contributed by atoms with Crippen molar-refractivity contribution in [3.63, 3.8) is 0 Å². The molecule has 1 amide bonds. The van der Waals surface area contributed by atoms with E-state index < -0.39 is 0 Å². The molecule has 3 N–H and O–H groups in total. The van der Waals surface area contributed by atoms with Crippen LogP contribution in [0.2, 0.25) is 0 Å². The van der Waals surface area contributed by atoms with Crippen LogP contribution in [0.15, 0.2) is 59.5 Å². The number of amides is 1. The molecule has 4 aromatic rings. The van der Waals surface area contributed by atoms with Gasteiger partial charge in [0.2, 0.25) is 11.5 Å². The molecule has 3 aromatic heterocycles. The molecular formula is C24H26N5O2+. The van der Waals surface area contributed by atoms with Crippen LogP contribution in [0.4, 0.5) is 5.82 Å². The lowest BCUT2D eigenvalue weighted by Crippen LogP contribution is -2.44. The molecule has 4 rings (SSSR count). The van der Waals surface area contributed by atoms with Gasteiger partial charge in [0.25, 0.3) is 17.1 Å². The average molecular weight is 417 g/mol. The first-order valence-corrected chi connectivity index (χ1v) is 10.3. The van der Waals surface area contributed by atoms with E-state index in [-0.39, 0.29) is 34.9 Å². The number of hydrogen-bond acceptors (Lipinski definition) is 4. The van der Waals surface area contributed by atoms with Gasteiger partial charge in [-0.15, -0.1) is 0 Å². The van der Waals surface area contributed by atoms with E-state index in [0.29, 0.717) is 16.7 Å². The SMILES string of the molecule is Cc1cccn2c(=O)c3cc(C(=O)N[C@H](C)c4ccccc4)c(N)[n+](C(C)C)c3nc12. The maximum atomic E-state index is 13.3. The first-order chi connectivity index (χ1) is 14.8. The Kier molecular flexibility index (Phi) is 5.19. The van der Waals surface area contributed by atoms with E-state index in [2.05, 4.69) is 5.32 Å². The zero-order chi connectivity index (χ0) is 22.3. The number of pyridine rings is 2. The van der Waals surface area contributed by atoms with E-state index in [1.807, 2.05) is 64.1 Å². The largest absolute Gasteiger partial charge is 0.345 e. The number of nitrogens with two attached hydrogens (primary N) is 1. The molecule has 0 unspecified atom stereocenters. The van der Waals surface area contributed by atoms with Gasteiger partial charge >= 0.3 is 0 Å².